The molecule has 3 rings (SSSR count). The van der Waals surface area contributed by atoms with Crippen LogP contribution in [0.25, 0.3) is 20.7 Å². The molecule has 1 atom stereocenters. The van der Waals surface area contributed by atoms with Crippen LogP contribution in [-0.2, 0) is 16.1 Å². The molecule has 26 heavy (non-hydrogen) atoms. The van der Waals surface area contributed by atoms with Gasteiger partial charge in [-0.3, -0.25) is 14.2 Å². The highest BCUT2D eigenvalue weighted by molar-refractivity contribution is 7.18. The van der Waals surface area contributed by atoms with E-state index in [1.165, 1.54) is 33.6 Å². The number of rotatable bonds is 7. The molecule has 3 aromatic heterocycles. The monoisotopic (exact) mass is 391 g/mol. The normalized spacial score (nSPS) is 12.2. The Bertz CT molecular complexity index is 991. The first-order valence-corrected chi connectivity index (χ1v) is 9.80. The van der Waals surface area contributed by atoms with E-state index in [0.717, 1.165) is 10.4 Å². The molecule has 0 aliphatic heterocycles. The number of carbonyl (C=O) groups is 2. The summed E-state index contributed by atoms with van der Waals surface area (Å²) in [5.74, 6) is -1.61. The van der Waals surface area contributed by atoms with E-state index < -0.39 is 17.9 Å². The zero-order valence-electron chi connectivity index (χ0n) is 14.0. The predicted octanol–water partition coefficient (Wildman–Crippen LogP) is 2.56. The van der Waals surface area contributed by atoms with E-state index in [1.807, 2.05) is 29.8 Å². The lowest BCUT2D eigenvalue weighted by molar-refractivity contribution is -0.142. The maximum Gasteiger partial charge on any atom is 0.326 e. The molecule has 0 fully saturated rings. The molecule has 0 radical (unpaired) electrons. The van der Waals surface area contributed by atoms with Gasteiger partial charge in [0.05, 0.1) is 11.7 Å². The van der Waals surface area contributed by atoms with Crippen molar-refractivity contribution in [2.45, 2.75) is 32.4 Å². The van der Waals surface area contributed by atoms with Gasteiger partial charge >= 0.3 is 5.97 Å². The van der Waals surface area contributed by atoms with Crippen molar-refractivity contribution in [2.24, 2.45) is 0 Å². The summed E-state index contributed by atoms with van der Waals surface area (Å²) in [6.07, 6.45) is 2.29. The number of nitrogens with zero attached hydrogens (tertiary/aromatic N) is 2. The van der Waals surface area contributed by atoms with Crippen LogP contribution in [0.5, 0.6) is 0 Å². The third-order valence-corrected chi connectivity index (χ3v) is 5.66. The van der Waals surface area contributed by atoms with Crippen LogP contribution in [0.2, 0.25) is 0 Å². The zero-order chi connectivity index (χ0) is 18.7. The van der Waals surface area contributed by atoms with Gasteiger partial charge in [-0.05, 0) is 17.9 Å². The van der Waals surface area contributed by atoms with Gasteiger partial charge in [0.25, 0.3) is 5.56 Å². The Kier molecular flexibility index (Phi) is 5.48. The highest BCUT2D eigenvalue weighted by Crippen LogP contribution is 2.33. The second-order valence-electron chi connectivity index (χ2n) is 5.73. The number of hydrogen-bond acceptors (Lipinski definition) is 6. The van der Waals surface area contributed by atoms with Crippen LogP contribution in [0.3, 0.4) is 0 Å². The molecular formula is C17H17N3O4S2. The first-order chi connectivity index (χ1) is 12.5. The van der Waals surface area contributed by atoms with Crippen LogP contribution >= 0.6 is 22.7 Å². The van der Waals surface area contributed by atoms with Gasteiger partial charge in [-0.15, -0.1) is 22.7 Å². The summed E-state index contributed by atoms with van der Waals surface area (Å²) < 4.78 is 1.21. The van der Waals surface area contributed by atoms with Crippen molar-refractivity contribution in [3.8, 4) is 10.4 Å². The summed E-state index contributed by atoms with van der Waals surface area (Å²) in [4.78, 5) is 42.0. The Hall–Kier alpha value is -2.52. The largest absolute Gasteiger partial charge is 0.480 e. The number of nitrogens with one attached hydrogen (secondary N) is 1. The molecule has 0 saturated heterocycles. The lowest BCUT2D eigenvalue weighted by Gasteiger charge is -2.14. The fourth-order valence-electron chi connectivity index (χ4n) is 2.63. The predicted molar refractivity (Wildman–Crippen MR) is 102 cm³/mol. The number of carboxylic acid groups (broad SMARTS) is 1. The molecular weight excluding hydrogens is 374 g/mol. The van der Waals surface area contributed by atoms with Crippen molar-refractivity contribution in [1.29, 1.82) is 0 Å². The molecule has 7 nitrogen and oxygen atoms in total. The minimum absolute atomic E-state index is 0.269. The maximum absolute atomic E-state index is 12.8. The van der Waals surface area contributed by atoms with Crippen LogP contribution in [0, 0.1) is 0 Å². The van der Waals surface area contributed by atoms with Crippen LogP contribution < -0.4 is 10.9 Å². The molecule has 9 heteroatoms. The van der Waals surface area contributed by atoms with E-state index in [1.54, 1.807) is 0 Å². The van der Waals surface area contributed by atoms with Crippen molar-refractivity contribution >= 4 is 44.8 Å². The Morgan fingerprint density at radius 2 is 2.19 bits per heavy atom. The second kappa shape index (κ2) is 7.79. The van der Waals surface area contributed by atoms with Crippen molar-refractivity contribution in [3.05, 3.63) is 39.6 Å². The summed E-state index contributed by atoms with van der Waals surface area (Å²) >= 11 is 2.91. The van der Waals surface area contributed by atoms with E-state index in [4.69, 9.17) is 5.11 Å². The highest BCUT2D eigenvalue weighted by atomic mass is 32.1. The molecule has 0 saturated carbocycles. The number of carbonyl (C=O) groups excluding carboxylic acids is 1. The Balaban J connectivity index is 1.88. The van der Waals surface area contributed by atoms with Gasteiger partial charge in [0.2, 0.25) is 5.91 Å². The fraction of sp³-hybridized carbons (Fsp3) is 0.294. The molecule has 3 heterocycles. The Morgan fingerprint density at radius 1 is 1.38 bits per heavy atom. The summed E-state index contributed by atoms with van der Waals surface area (Å²) in [5, 5.41) is 15.9. The lowest BCUT2D eigenvalue weighted by Crippen LogP contribution is -2.43. The van der Waals surface area contributed by atoms with E-state index >= 15 is 0 Å². The quantitative estimate of drug-likeness (QED) is 0.645. The fourth-order valence-corrected chi connectivity index (χ4v) is 4.35. The first kappa shape index (κ1) is 18.3. The van der Waals surface area contributed by atoms with Gasteiger partial charge in [-0.1, -0.05) is 19.4 Å². The molecule has 0 aliphatic carbocycles. The average Bonchev–Trinajstić information content (AvgIpc) is 3.26. The SMILES string of the molecule is CCCC(NC(=O)Cn1cnc2scc(-c3cccs3)c2c1=O)C(=O)O. The Labute approximate surface area is 156 Å². The van der Waals surface area contributed by atoms with E-state index in [9.17, 15) is 14.4 Å². The minimum Gasteiger partial charge on any atom is -0.480 e. The van der Waals surface area contributed by atoms with Gasteiger partial charge in [0.15, 0.2) is 0 Å². The molecule has 0 aromatic carbocycles. The summed E-state index contributed by atoms with van der Waals surface area (Å²) in [5.41, 5.74) is 0.499. The molecule has 2 N–H and O–H groups in total. The third-order valence-electron chi connectivity index (χ3n) is 3.87. The summed E-state index contributed by atoms with van der Waals surface area (Å²) in [6, 6.07) is 2.88. The third kappa shape index (κ3) is 3.68. The molecule has 0 bridgehead atoms. The van der Waals surface area contributed by atoms with Gasteiger partial charge in [-0.25, -0.2) is 9.78 Å². The number of hydrogen-bond donors (Lipinski definition) is 2. The summed E-state index contributed by atoms with van der Waals surface area (Å²) in [6.45, 7) is 1.57. The van der Waals surface area contributed by atoms with Crippen LogP contribution in [-0.4, -0.2) is 32.6 Å². The van der Waals surface area contributed by atoms with Crippen molar-refractivity contribution < 1.29 is 14.7 Å². The van der Waals surface area contributed by atoms with Crippen molar-refractivity contribution in [2.75, 3.05) is 0 Å². The second-order valence-corrected chi connectivity index (χ2v) is 7.54. The molecule has 136 valence electrons. The van der Waals surface area contributed by atoms with E-state index in [-0.39, 0.29) is 12.1 Å². The van der Waals surface area contributed by atoms with Gasteiger partial charge in [0.1, 0.15) is 17.4 Å². The number of thiophene rings is 2. The Morgan fingerprint density at radius 3 is 2.85 bits per heavy atom. The number of aliphatic carboxylic acids is 1. The topological polar surface area (TPSA) is 101 Å². The van der Waals surface area contributed by atoms with Crippen molar-refractivity contribution in [3.63, 3.8) is 0 Å². The van der Waals surface area contributed by atoms with Crippen LogP contribution in [0.4, 0.5) is 0 Å². The van der Waals surface area contributed by atoms with Gasteiger partial charge < -0.3 is 10.4 Å². The highest BCUT2D eigenvalue weighted by Gasteiger charge is 2.20. The smallest absolute Gasteiger partial charge is 0.326 e. The van der Waals surface area contributed by atoms with Gasteiger partial charge in [0, 0.05) is 15.8 Å². The van der Waals surface area contributed by atoms with E-state index in [2.05, 4.69) is 10.3 Å². The molecule has 1 unspecified atom stereocenters. The number of aromatic nitrogens is 2. The van der Waals surface area contributed by atoms with Gasteiger partial charge in [-0.2, -0.15) is 0 Å². The molecule has 0 spiro atoms. The number of amides is 1. The average molecular weight is 391 g/mol. The lowest BCUT2D eigenvalue weighted by atomic mass is 10.1. The number of fused-ring (bicyclic) bond motifs is 1. The van der Waals surface area contributed by atoms with E-state index in [0.29, 0.717) is 23.1 Å². The zero-order valence-corrected chi connectivity index (χ0v) is 15.6. The molecule has 0 aliphatic rings. The molecule has 3 aromatic rings. The van der Waals surface area contributed by atoms with Crippen molar-refractivity contribution in [1.82, 2.24) is 14.9 Å². The first-order valence-electron chi connectivity index (χ1n) is 8.04. The summed E-state index contributed by atoms with van der Waals surface area (Å²) in [7, 11) is 0. The van der Waals surface area contributed by atoms with Crippen LogP contribution in [0.15, 0.2) is 34.0 Å². The minimum atomic E-state index is -1.08. The molecule has 1 amide bonds. The maximum atomic E-state index is 12.8. The standard InChI is InChI=1S/C17H17N3O4S2/c1-2-4-11(17(23)24)19-13(21)7-20-9-18-15-14(16(20)22)10(8-26-15)12-5-3-6-25-12/h3,5-6,8-9,11H,2,4,7H2,1H3,(H,19,21)(H,23,24). The number of carboxylic acids is 1. The van der Waals surface area contributed by atoms with Crippen LogP contribution in [0.1, 0.15) is 19.8 Å².